The molecule has 0 saturated heterocycles. The number of aliphatic hydroxyl groups is 1. The molecule has 0 bridgehead atoms. The Morgan fingerprint density at radius 2 is 2.25 bits per heavy atom. The van der Waals surface area contributed by atoms with E-state index in [9.17, 15) is 0 Å². The van der Waals surface area contributed by atoms with Gasteiger partial charge in [-0.3, -0.25) is 0 Å². The van der Waals surface area contributed by atoms with Crippen LogP contribution >= 0.6 is 0 Å². The average Bonchev–Trinajstić information content (AvgIpc) is 2.33. The molecule has 16 heavy (non-hydrogen) atoms. The Kier molecular flexibility index (Phi) is 6.32. The Balaban J connectivity index is 2.55. The van der Waals surface area contributed by atoms with E-state index in [2.05, 4.69) is 24.0 Å². The van der Waals surface area contributed by atoms with E-state index in [0.717, 1.165) is 31.4 Å². The summed E-state index contributed by atoms with van der Waals surface area (Å²) in [6.45, 7) is 0.948. The van der Waals surface area contributed by atoms with E-state index in [4.69, 9.17) is 9.84 Å². The molecule has 86 valence electrons. The van der Waals surface area contributed by atoms with Crippen LogP contribution in [0.4, 0.5) is 0 Å². The molecule has 0 aliphatic rings. The molecular weight excluding hydrogens is 200 g/mol. The minimum absolute atomic E-state index is 0.211. The SMILES string of the molecule is COCCc1cccc(C#CCCCO)c1. The van der Waals surface area contributed by atoms with Gasteiger partial charge >= 0.3 is 0 Å². The van der Waals surface area contributed by atoms with Gasteiger partial charge < -0.3 is 9.84 Å². The Morgan fingerprint density at radius 3 is 3.00 bits per heavy atom. The van der Waals surface area contributed by atoms with Crippen molar-refractivity contribution in [2.24, 2.45) is 0 Å². The standard InChI is InChI=1S/C14H18O2/c1-16-11-9-14-8-5-7-13(12-14)6-3-2-4-10-15/h5,7-8,12,15H,2,4,9-11H2,1H3. The topological polar surface area (TPSA) is 29.5 Å². The number of methoxy groups -OCH3 is 1. The molecule has 0 fully saturated rings. The third kappa shape index (κ3) is 4.97. The largest absolute Gasteiger partial charge is 0.396 e. The number of hydrogen-bond acceptors (Lipinski definition) is 2. The molecule has 0 heterocycles. The fourth-order valence-electron chi connectivity index (χ4n) is 1.36. The van der Waals surface area contributed by atoms with Crippen LogP contribution in [0.3, 0.4) is 0 Å². The number of unbranched alkanes of at least 4 members (excludes halogenated alkanes) is 1. The minimum Gasteiger partial charge on any atom is -0.396 e. The molecule has 1 aromatic rings. The zero-order valence-corrected chi connectivity index (χ0v) is 9.70. The lowest BCUT2D eigenvalue weighted by Crippen LogP contribution is -1.94. The Bertz CT molecular complexity index is 360. The maximum Gasteiger partial charge on any atom is 0.0502 e. The predicted molar refractivity (Wildman–Crippen MR) is 65.2 cm³/mol. The highest BCUT2D eigenvalue weighted by molar-refractivity contribution is 5.37. The van der Waals surface area contributed by atoms with Crippen molar-refractivity contribution >= 4 is 0 Å². The molecule has 2 nitrogen and oxygen atoms in total. The van der Waals surface area contributed by atoms with Crippen molar-refractivity contribution < 1.29 is 9.84 Å². The van der Waals surface area contributed by atoms with Crippen molar-refractivity contribution in [2.75, 3.05) is 20.3 Å². The lowest BCUT2D eigenvalue weighted by atomic mass is 10.1. The number of hydrogen-bond donors (Lipinski definition) is 1. The van der Waals surface area contributed by atoms with Crippen LogP contribution in [0.2, 0.25) is 0 Å². The zero-order chi connectivity index (χ0) is 11.6. The minimum atomic E-state index is 0.211. The molecule has 0 spiro atoms. The zero-order valence-electron chi connectivity index (χ0n) is 9.70. The summed E-state index contributed by atoms with van der Waals surface area (Å²) in [7, 11) is 1.71. The molecule has 0 unspecified atom stereocenters. The molecule has 0 aromatic heterocycles. The van der Waals surface area contributed by atoms with Gasteiger partial charge in [0.15, 0.2) is 0 Å². The smallest absolute Gasteiger partial charge is 0.0502 e. The molecular formula is C14H18O2. The fourth-order valence-corrected chi connectivity index (χ4v) is 1.36. The fraction of sp³-hybridized carbons (Fsp3) is 0.429. The second-order valence-electron chi connectivity index (χ2n) is 3.57. The summed E-state index contributed by atoms with van der Waals surface area (Å²) in [5.41, 5.74) is 2.28. The molecule has 1 aromatic carbocycles. The second-order valence-corrected chi connectivity index (χ2v) is 3.57. The quantitative estimate of drug-likeness (QED) is 0.605. The van der Waals surface area contributed by atoms with Crippen LogP contribution in [0, 0.1) is 11.8 Å². The summed E-state index contributed by atoms with van der Waals surface area (Å²) < 4.78 is 5.03. The highest BCUT2D eigenvalue weighted by Crippen LogP contribution is 2.05. The summed E-state index contributed by atoms with van der Waals surface area (Å²) in [6.07, 6.45) is 2.41. The third-order valence-corrected chi connectivity index (χ3v) is 2.21. The first-order valence-electron chi connectivity index (χ1n) is 5.54. The van der Waals surface area contributed by atoms with Gasteiger partial charge in [-0.05, 0) is 30.5 Å². The van der Waals surface area contributed by atoms with Crippen LogP contribution in [0.25, 0.3) is 0 Å². The van der Waals surface area contributed by atoms with Crippen molar-refractivity contribution in [3.8, 4) is 11.8 Å². The van der Waals surface area contributed by atoms with Crippen LogP contribution in [-0.2, 0) is 11.2 Å². The summed E-state index contributed by atoms with van der Waals surface area (Å²) in [4.78, 5) is 0. The number of aliphatic hydroxyl groups excluding tert-OH is 1. The molecule has 1 N–H and O–H groups in total. The van der Waals surface area contributed by atoms with E-state index in [1.165, 1.54) is 5.56 Å². The van der Waals surface area contributed by atoms with E-state index in [0.29, 0.717) is 0 Å². The predicted octanol–water partition coefficient (Wildman–Crippen LogP) is 2.00. The molecule has 0 aliphatic heterocycles. The van der Waals surface area contributed by atoms with Gasteiger partial charge in [0.05, 0.1) is 6.61 Å². The summed E-state index contributed by atoms with van der Waals surface area (Å²) in [5, 5.41) is 8.62. The number of rotatable bonds is 5. The van der Waals surface area contributed by atoms with Gasteiger partial charge in [0, 0.05) is 25.7 Å². The van der Waals surface area contributed by atoms with E-state index in [-0.39, 0.29) is 6.61 Å². The number of ether oxygens (including phenoxy) is 1. The van der Waals surface area contributed by atoms with Crippen LogP contribution < -0.4 is 0 Å². The van der Waals surface area contributed by atoms with Crippen molar-refractivity contribution in [3.05, 3.63) is 35.4 Å². The molecule has 0 amide bonds. The molecule has 0 saturated carbocycles. The lowest BCUT2D eigenvalue weighted by molar-refractivity contribution is 0.202. The van der Waals surface area contributed by atoms with Gasteiger partial charge in [-0.15, -0.1) is 0 Å². The van der Waals surface area contributed by atoms with Crippen LogP contribution in [0.1, 0.15) is 24.0 Å². The highest BCUT2D eigenvalue weighted by Gasteiger charge is 1.93. The van der Waals surface area contributed by atoms with Gasteiger partial charge in [-0.2, -0.15) is 0 Å². The molecule has 0 aliphatic carbocycles. The van der Waals surface area contributed by atoms with Crippen LogP contribution in [0.15, 0.2) is 24.3 Å². The first-order valence-corrected chi connectivity index (χ1v) is 5.54. The lowest BCUT2D eigenvalue weighted by Gasteiger charge is -2.00. The summed E-state index contributed by atoms with van der Waals surface area (Å²) in [5.74, 6) is 6.14. The molecule has 2 heteroatoms. The van der Waals surface area contributed by atoms with E-state index in [1.54, 1.807) is 7.11 Å². The highest BCUT2D eigenvalue weighted by atomic mass is 16.5. The summed E-state index contributed by atoms with van der Waals surface area (Å²) in [6, 6.07) is 8.19. The monoisotopic (exact) mass is 218 g/mol. The second kappa shape index (κ2) is 7.92. The summed E-state index contributed by atoms with van der Waals surface area (Å²) >= 11 is 0. The van der Waals surface area contributed by atoms with Gasteiger partial charge in [-0.1, -0.05) is 24.0 Å². The maximum atomic E-state index is 8.62. The first-order chi connectivity index (χ1) is 7.86. The van der Waals surface area contributed by atoms with Crippen molar-refractivity contribution in [1.29, 1.82) is 0 Å². The molecule has 0 atom stereocenters. The van der Waals surface area contributed by atoms with Gasteiger partial charge in [0.2, 0.25) is 0 Å². The van der Waals surface area contributed by atoms with Crippen molar-refractivity contribution in [2.45, 2.75) is 19.3 Å². The van der Waals surface area contributed by atoms with E-state index >= 15 is 0 Å². The number of benzene rings is 1. The van der Waals surface area contributed by atoms with Gasteiger partial charge in [0.25, 0.3) is 0 Å². The van der Waals surface area contributed by atoms with Crippen LogP contribution in [-0.4, -0.2) is 25.4 Å². The normalized spacial score (nSPS) is 9.62. The molecule has 0 radical (unpaired) electrons. The van der Waals surface area contributed by atoms with E-state index < -0.39 is 0 Å². The average molecular weight is 218 g/mol. The van der Waals surface area contributed by atoms with Crippen molar-refractivity contribution in [3.63, 3.8) is 0 Å². The van der Waals surface area contributed by atoms with E-state index in [1.807, 2.05) is 12.1 Å². The Labute approximate surface area is 97.3 Å². The van der Waals surface area contributed by atoms with Crippen molar-refractivity contribution in [1.82, 2.24) is 0 Å². The van der Waals surface area contributed by atoms with Gasteiger partial charge in [-0.25, -0.2) is 0 Å². The Morgan fingerprint density at radius 1 is 1.38 bits per heavy atom. The van der Waals surface area contributed by atoms with Crippen LogP contribution in [0.5, 0.6) is 0 Å². The Hall–Kier alpha value is -1.30. The first kappa shape index (κ1) is 12.8. The van der Waals surface area contributed by atoms with Gasteiger partial charge in [0.1, 0.15) is 0 Å². The third-order valence-electron chi connectivity index (χ3n) is 2.21. The maximum absolute atomic E-state index is 8.62. The molecule has 1 rings (SSSR count).